The Morgan fingerprint density at radius 2 is 2.14 bits per heavy atom. The normalized spacial score (nSPS) is 17.5. The summed E-state index contributed by atoms with van der Waals surface area (Å²) in [6.07, 6.45) is 3.89. The van der Waals surface area contributed by atoms with Crippen LogP contribution in [0.1, 0.15) is 12.6 Å². The third-order valence-electron chi connectivity index (χ3n) is 3.71. The molecule has 1 aromatic heterocycles. The number of carbonyl (C=O) groups is 1. The van der Waals surface area contributed by atoms with Crippen molar-refractivity contribution in [2.45, 2.75) is 18.7 Å². The molecule has 0 saturated carbocycles. The molecule has 21 heavy (non-hydrogen) atoms. The van der Waals surface area contributed by atoms with Crippen molar-refractivity contribution in [2.75, 3.05) is 39.0 Å². The van der Waals surface area contributed by atoms with Crippen LogP contribution in [0.3, 0.4) is 0 Å². The van der Waals surface area contributed by atoms with Gasteiger partial charge in [0.1, 0.15) is 0 Å². The molecule has 1 atom stereocenters. The first-order chi connectivity index (χ1) is 10.2. The molecule has 1 saturated heterocycles. The van der Waals surface area contributed by atoms with Crippen LogP contribution in [0.5, 0.6) is 0 Å². The number of rotatable bonds is 5. The maximum absolute atomic E-state index is 12.1. The van der Waals surface area contributed by atoms with Crippen molar-refractivity contribution >= 4 is 17.8 Å². The lowest BCUT2D eigenvalue weighted by atomic mass is 10.3. The second-order valence-electron chi connectivity index (χ2n) is 5.32. The van der Waals surface area contributed by atoms with Gasteiger partial charge in [-0.3, -0.25) is 9.88 Å². The molecule has 2 rings (SSSR count). The summed E-state index contributed by atoms with van der Waals surface area (Å²) in [6.45, 7) is 7.09. The molecule has 1 fully saturated rings. The van der Waals surface area contributed by atoms with E-state index in [1.54, 1.807) is 11.8 Å². The van der Waals surface area contributed by atoms with Crippen LogP contribution in [-0.4, -0.2) is 65.0 Å². The minimum Gasteiger partial charge on any atom is -0.337 e. The smallest absolute Gasteiger partial charge is 0.317 e. The average molecular weight is 308 g/mol. The van der Waals surface area contributed by atoms with Crippen LogP contribution in [-0.2, 0) is 6.54 Å². The molecule has 0 aliphatic carbocycles. The SMILES string of the molecule is CSC(C)CNC(=O)N1CCN(Cc2ccccn2)CC1. The van der Waals surface area contributed by atoms with Gasteiger partial charge in [0.15, 0.2) is 0 Å². The van der Waals surface area contributed by atoms with Crippen LogP contribution < -0.4 is 5.32 Å². The molecule has 1 N–H and O–H groups in total. The summed E-state index contributed by atoms with van der Waals surface area (Å²) >= 11 is 1.77. The summed E-state index contributed by atoms with van der Waals surface area (Å²) in [5.74, 6) is 0. The van der Waals surface area contributed by atoms with Gasteiger partial charge in [0.25, 0.3) is 0 Å². The molecule has 0 spiro atoms. The van der Waals surface area contributed by atoms with Crippen molar-refractivity contribution < 1.29 is 4.79 Å². The average Bonchev–Trinajstić information content (AvgIpc) is 2.54. The lowest BCUT2D eigenvalue weighted by Gasteiger charge is -2.34. The minimum atomic E-state index is 0.0633. The number of piperazine rings is 1. The van der Waals surface area contributed by atoms with E-state index in [2.05, 4.69) is 28.4 Å². The Morgan fingerprint density at radius 1 is 1.38 bits per heavy atom. The van der Waals surface area contributed by atoms with Gasteiger partial charge < -0.3 is 10.2 Å². The number of pyridine rings is 1. The van der Waals surface area contributed by atoms with E-state index < -0.39 is 0 Å². The summed E-state index contributed by atoms with van der Waals surface area (Å²) in [7, 11) is 0. The molecule has 5 nitrogen and oxygen atoms in total. The zero-order valence-electron chi connectivity index (χ0n) is 12.8. The highest BCUT2D eigenvalue weighted by Gasteiger charge is 2.21. The molecule has 1 unspecified atom stereocenters. The fourth-order valence-corrected chi connectivity index (χ4v) is 2.51. The summed E-state index contributed by atoms with van der Waals surface area (Å²) in [4.78, 5) is 20.7. The predicted octanol–water partition coefficient (Wildman–Crippen LogP) is 1.66. The number of thioether (sulfide) groups is 1. The quantitative estimate of drug-likeness (QED) is 0.899. The van der Waals surface area contributed by atoms with Crippen LogP contribution >= 0.6 is 11.8 Å². The van der Waals surface area contributed by atoms with E-state index in [4.69, 9.17) is 0 Å². The Hall–Kier alpha value is -1.27. The van der Waals surface area contributed by atoms with Gasteiger partial charge in [-0.25, -0.2) is 4.79 Å². The fraction of sp³-hybridized carbons (Fsp3) is 0.600. The van der Waals surface area contributed by atoms with E-state index in [0.717, 1.165) is 45.0 Å². The van der Waals surface area contributed by atoms with Crippen LogP contribution in [0, 0.1) is 0 Å². The maximum atomic E-state index is 12.1. The molecule has 0 aromatic carbocycles. The highest BCUT2D eigenvalue weighted by Crippen LogP contribution is 2.07. The third kappa shape index (κ3) is 5.21. The van der Waals surface area contributed by atoms with Crippen molar-refractivity contribution in [3.05, 3.63) is 30.1 Å². The van der Waals surface area contributed by atoms with Crippen LogP contribution in [0.4, 0.5) is 4.79 Å². The fourth-order valence-electron chi connectivity index (χ4n) is 2.26. The molecule has 2 heterocycles. The number of carbonyl (C=O) groups excluding carboxylic acids is 1. The number of hydrogen-bond donors (Lipinski definition) is 1. The molecule has 116 valence electrons. The zero-order chi connectivity index (χ0) is 15.1. The van der Waals surface area contributed by atoms with Crippen LogP contribution in [0.15, 0.2) is 24.4 Å². The van der Waals surface area contributed by atoms with E-state index in [1.165, 1.54) is 0 Å². The zero-order valence-corrected chi connectivity index (χ0v) is 13.6. The van der Waals surface area contributed by atoms with Gasteiger partial charge in [-0.05, 0) is 18.4 Å². The topological polar surface area (TPSA) is 48.5 Å². The van der Waals surface area contributed by atoms with E-state index >= 15 is 0 Å². The van der Waals surface area contributed by atoms with Crippen molar-refractivity contribution in [3.63, 3.8) is 0 Å². The largest absolute Gasteiger partial charge is 0.337 e. The first-order valence-electron chi connectivity index (χ1n) is 7.37. The molecule has 0 radical (unpaired) electrons. The lowest BCUT2D eigenvalue weighted by molar-refractivity contribution is 0.134. The molecule has 1 aliphatic heterocycles. The summed E-state index contributed by atoms with van der Waals surface area (Å²) in [5.41, 5.74) is 1.09. The second kappa shape index (κ2) is 8.24. The Bertz CT molecular complexity index is 435. The van der Waals surface area contributed by atoms with Crippen molar-refractivity contribution in [2.24, 2.45) is 0 Å². The first kappa shape index (κ1) is 16.1. The summed E-state index contributed by atoms with van der Waals surface area (Å²) in [5, 5.41) is 3.46. The second-order valence-corrected chi connectivity index (χ2v) is 6.59. The number of urea groups is 1. The Morgan fingerprint density at radius 3 is 2.76 bits per heavy atom. The minimum absolute atomic E-state index is 0.0633. The highest BCUT2D eigenvalue weighted by molar-refractivity contribution is 7.99. The van der Waals surface area contributed by atoms with Gasteiger partial charge in [-0.15, -0.1) is 0 Å². The first-order valence-corrected chi connectivity index (χ1v) is 8.65. The van der Waals surface area contributed by atoms with E-state index in [1.807, 2.05) is 29.3 Å². The Labute approximate surface area is 131 Å². The van der Waals surface area contributed by atoms with Gasteiger partial charge >= 0.3 is 6.03 Å². The molecular weight excluding hydrogens is 284 g/mol. The van der Waals surface area contributed by atoms with Crippen LogP contribution in [0.25, 0.3) is 0 Å². The van der Waals surface area contributed by atoms with E-state index in [9.17, 15) is 4.79 Å². The summed E-state index contributed by atoms with van der Waals surface area (Å²) < 4.78 is 0. The van der Waals surface area contributed by atoms with Crippen molar-refractivity contribution in [1.29, 1.82) is 0 Å². The van der Waals surface area contributed by atoms with Gasteiger partial charge in [-0.1, -0.05) is 13.0 Å². The van der Waals surface area contributed by atoms with Crippen molar-refractivity contribution in [3.8, 4) is 0 Å². The summed E-state index contributed by atoms with van der Waals surface area (Å²) in [6, 6.07) is 6.05. The molecule has 2 amide bonds. The van der Waals surface area contributed by atoms with E-state index in [0.29, 0.717) is 5.25 Å². The molecule has 6 heteroatoms. The third-order valence-corrected chi connectivity index (χ3v) is 4.69. The molecule has 0 bridgehead atoms. The number of aromatic nitrogens is 1. The van der Waals surface area contributed by atoms with Gasteiger partial charge in [0.2, 0.25) is 0 Å². The standard InChI is InChI=1S/C15H24N4OS/c1-13(21-2)11-17-15(20)19-9-7-18(8-10-19)12-14-5-3-4-6-16-14/h3-6,13H,7-12H2,1-2H3,(H,17,20). The lowest BCUT2D eigenvalue weighted by Crippen LogP contribution is -2.52. The van der Waals surface area contributed by atoms with Crippen LogP contribution in [0.2, 0.25) is 0 Å². The maximum Gasteiger partial charge on any atom is 0.317 e. The van der Waals surface area contributed by atoms with Gasteiger partial charge in [0.05, 0.1) is 5.69 Å². The predicted molar refractivity (Wildman–Crippen MR) is 87.5 cm³/mol. The van der Waals surface area contributed by atoms with Gasteiger partial charge in [0, 0.05) is 50.7 Å². The molecule has 1 aliphatic rings. The monoisotopic (exact) mass is 308 g/mol. The van der Waals surface area contributed by atoms with Crippen molar-refractivity contribution in [1.82, 2.24) is 20.1 Å². The number of hydrogen-bond acceptors (Lipinski definition) is 4. The Kier molecular flexibility index (Phi) is 6.32. The van der Waals surface area contributed by atoms with E-state index in [-0.39, 0.29) is 6.03 Å². The Balaban J connectivity index is 1.71. The number of amides is 2. The molecular formula is C15H24N4OS. The number of nitrogens with one attached hydrogen (secondary N) is 1. The van der Waals surface area contributed by atoms with Gasteiger partial charge in [-0.2, -0.15) is 11.8 Å². The molecule has 1 aromatic rings. The highest BCUT2D eigenvalue weighted by atomic mass is 32.2. The number of nitrogens with zero attached hydrogens (tertiary/aromatic N) is 3.